The van der Waals surface area contributed by atoms with Gasteiger partial charge in [-0.15, -0.1) is 0 Å². The molecule has 2 unspecified atom stereocenters. The van der Waals surface area contributed by atoms with Crippen molar-refractivity contribution in [1.82, 2.24) is 0 Å². The lowest BCUT2D eigenvalue weighted by Gasteiger charge is -2.35. The number of hydrogen-bond acceptors (Lipinski definition) is 1. The number of rotatable bonds is 0. The Kier molecular flexibility index (Phi) is 1.67. The molecule has 1 aliphatic carbocycles. The minimum atomic E-state index is 0.234. The molecule has 1 aliphatic heterocycles. The standard InChI is InChI=1S/C10H16O/c1-9-4-2-5-10(8-9)6-3-7-11-10/h3,7,9H,2,4-6,8H2,1H3. The van der Waals surface area contributed by atoms with Gasteiger partial charge in [-0.2, -0.15) is 0 Å². The van der Waals surface area contributed by atoms with Crippen LogP contribution in [0.25, 0.3) is 0 Å². The first kappa shape index (κ1) is 7.20. The van der Waals surface area contributed by atoms with Crippen LogP contribution in [-0.4, -0.2) is 5.60 Å². The summed E-state index contributed by atoms with van der Waals surface area (Å²) in [5, 5.41) is 0. The Balaban J connectivity index is 2.02. The Bertz CT molecular complexity index is 164. The SMILES string of the molecule is CC1CCCC2(CC=CO2)C1. The van der Waals surface area contributed by atoms with Gasteiger partial charge in [0.05, 0.1) is 6.26 Å². The minimum absolute atomic E-state index is 0.234. The zero-order chi connectivity index (χ0) is 7.73. The molecule has 1 nitrogen and oxygen atoms in total. The van der Waals surface area contributed by atoms with Crippen LogP contribution in [0.2, 0.25) is 0 Å². The van der Waals surface area contributed by atoms with Crippen molar-refractivity contribution in [2.24, 2.45) is 5.92 Å². The van der Waals surface area contributed by atoms with Crippen LogP contribution < -0.4 is 0 Å². The summed E-state index contributed by atoms with van der Waals surface area (Å²) in [6, 6.07) is 0. The molecule has 0 aromatic heterocycles. The zero-order valence-electron chi connectivity index (χ0n) is 7.18. The summed E-state index contributed by atoms with van der Waals surface area (Å²) in [5.74, 6) is 0.864. The van der Waals surface area contributed by atoms with E-state index in [0.29, 0.717) is 0 Å². The van der Waals surface area contributed by atoms with Gasteiger partial charge >= 0.3 is 0 Å². The van der Waals surface area contributed by atoms with Crippen molar-refractivity contribution in [2.45, 2.75) is 44.6 Å². The third-order valence-corrected chi connectivity index (χ3v) is 2.95. The lowest BCUT2D eigenvalue weighted by atomic mass is 9.78. The Morgan fingerprint density at radius 2 is 2.45 bits per heavy atom. The second-order valence-electron chi connectivity index (χ2n) is 4.08. The molecule has 62 valence electrons. The summed E-state index contributed by atoms with van der Waals surface area (Å²) in [7, 11) is 0. The van der Waals surface area contributed by atoms with Crippen molar-refractivity contribution in [3.63, 3.8) is 0 Å². The number of hydrogen-bond donors (Lipinski definition) is 0. The van der Waals surface area contributed by atoms with E-state index in [1.54, 1.807) is 0 Å². The highest BCUT2D eigenvalue weighted by atomic mass is 16.5. The second kappa shape index (κ2) is 2.54. The highest BCUT2D eigenvalue weighted by Crippen LogP contribution is 2.40. The van der Waals surface area contributed by atoms with Crippen LogP contribution in [0.15, 0.2) is 12.3 Å². The third-order valence-electron chi connectivity index (χ3n) is 2.95. The Morgan fingerprint density at radius 3 is 3.09 bits per heavy atom. The van der Waals surface area contributed by atoms with E-state index in [-0.39, 0.29) is 5.60 Å². The molecule has 0 amide bonds. The van der Waals surface area contributed by atoms with E-state index in [0.717, 1.165) is 12.3 Å². The van der Waals surface area contributed by atoms with Gasteiger partial charge in [0.2, 0.25) is 0 Å². The first-order valence-electron chi connectivity index (χ1n) is 4.64. The van der Waals surface area contributed by atoms with Gasteiger partial charge in [-0.05, 0) is 31.3 Å². The van der Waals surface area contributed by atoms with E-state index in [4.69, 9.17) is 4.74 Å². The van der Waals surface area contributed by atoms with Crippen molar-refractivity contribution in [3.8, 4) is 0 Å². The lowest BCUT2D eigenvalue weighted by molar-refractivity contribution is -0.00687. The van der Waals surface area contributed by atoms with Crippen molar-refractivity contribution in [2.75, 3.05) is 0 Å². The van der Waals surface area contributed by atoms with Gasteiger partial charge in [0.25, 0.3) is 0 Å². The predicted molar refractivity (Wildman–Crippen MR) is 45.2 cm³/mol. The fourth-order valence-electron chi connectivity index (χ4n) is 2.41. The van der Waals surface area contributed by atoms with Crippen LogP contribution >= 0.6 is 0 Å². The molecule has 0 N–H and O–H groups in total. The van der Waals surface area contributed by atoms with Gasteiger partial charge in [-0.1, -0.05) is 13.3 Å². The second-order valence-corrected chi connectivity index (χ2v) is 4.08. The monoisotopic (exact) mass is 152 g/mol. The molecular weight excluding hydrogens is 136 g/mol. The van der Waals surface area contributed by atoms with Gasteiger partial charge in [0, 0.05) is 6.42 Å². The molecule has 0 saturated heterocycles. The highest BCUT2D eigenvalue weighted by Gasteiger charge is 2.37. The molecule has 2 aliphatic rings. The summed E-state index contributed by atoms with van der Waals surface area (Å²) in [6.45, 7) is 2.34. The van der Waals surface area contributed by atoms with Crippen molar-refractivity contribution < 1.29 is 4.74 Å². The molecule has 0 aromatic carbocycles. The Hall–Kier alpha value is -0.460. The van der Waals surface area contributed by atoms with E-state index in [1.807, 2.05) is 6.26 Å². The van der Waals surface area contributed by atoms with Gasteiger partial charge in [0.15, 0.2) is 0 Å². The fourth-order valence-corrected chi connectivity index (χ4v) is 2.41. The molecule has 0 aromatic rings. The average Bonchev–Trinajstić information content (AvgIpc) is 2.37. The third kappa shape index (κ3) is 1.29. The van der Waals surface area contributed by atoms with E-state index in [2.05, 4.69) is 13.0 Å². The summed E-state index contributed by atoms with van der Waals surface area (Å²) in [6.07, 6.45) is 10.5. The zero-order valence-corrected chi connectivity index (χ0v) is 7.18. The molecule has 11 heavy (non-hydrogen) atoms. The molecule has 1 fully saturated rings. The molecule has 0 bridgehead atoms. The predicted octanol–water partition coefficient (Wildman–Crippen LogP) is 2.87. The van der Waals surface area contributed by atoms with Gasteiger partial charge in [0.1, 0.15) is 5.60 Å². The van der Waals surface area contributed by atoms with Crippen molar-refractivity contribution in [1.29, 1.82) is 0 Å². The van der Waals surface area contributed by atoms with Crippen LogP contribution in [0.1, 0.15) is 39.0 Å². The summed E-state index contributed by atoms with van der Waals surface area (Å²) >= 11 is 0. The smallest absolute Gasteiger partial charge is 0.112 e. The normalized spacial score (nSPS) is 42.8. The highest BCUT2D eigenvalue weighted by molar-refractivity contribution is 5.00. The summed E-state index contributed by atoms with van der Waals surface area (Å²) in [4.78, 5) is 0. The topological polar surface area (TPSA) is 9.23 Å². The first-order chi connectivity index (χ1) is 5.31. The van der Waals surface area contributed by atoms with Crippen LogP contribution in [0.5, 0.6) is 0 Å². The summed E-state index contributed by atoms with van der Waals surface area (Å²) < 4.78 is 5.67. The maximum Gasteiger partial charge on any atom is 0.112 e. The molecule has 1 heterocycles. The molecule has 2 rings (SSSR count). The quantitative estimate of drug-likeness (QED) is 0.518. The van der Waals surface area contributed by atoms with Crippen molar-refractivity contribution in [3.05, 3.63) is 12.3 Å². The average molecular weight is 152 g/mol. The molecule has 0 radical (unpaired) electrons. The van der Waals surface area contributed by atoms with Crippen LogP contribution in [0.3, 0.4) is 0 Å². The lowest BCUT2D eigenvalue weighted by Crippen LogP contribution is -2.33. The first-order valence-corrected chi connectivity index (χ1v) is 4.64. The van der Waals surface area contributed by atoms with Gasteiger partial charge < -0.3 is 4.74 Å². The Morgan fingerprint density at radius 1 is 1.55 bits per heavy atom. The van der Waals surface area contributed by atoms with Gasteiger partial charge in [-0.3, -0.25) is 0 Å². The summed E-state index contributed by atoms with van der Waals surface area (Å²) in [5.41, 5.74) is 0.234. The minimum Gasteiger partial charge on any atom is -0.495 e. The fraction of sp³-hybridized carbons (Fsp3) is 0.800. The largest absolute Gasteiger partial charge is 0.495 e. The van der Waals surface area contributed by atoms with Crippen LogP contribution in [0.4, 0.5) is 0 Å². The number of ether oxygens (including phenoxy) is 1. The molecule has 2 atom stereocenters. The Labute approximate surface area is 68.4 Å². The van der Waals surface area contributed by atoms with E-state index < -0.39 is 0 Å². The van der Waals surface area contributed by atoms with Crippen LogP contribution in [0, 0.1) is 5.92 Å². The molecular formula is C10H16O. The van der Waals surface area contributed by atoms with E-state index in [1.165, 1.54) is 25.7 Å². The van der Waals surface area contributed by atoms with Crippen molar-refractivity contribution >= 4 is 0 Å². The maximum atomic E-state index is 5.67. The molecule has 1 saturated carbocycles. The van der Waals surface area contributed by atoms with Gasteiger partial charge in [-0.25, -0.2) is 0 Å². The molecule has 1 spiro atoms. The van der Waals surface area contributed by atoms with Crippen LogP contribution in [-0.2, 0) is 4.74 Å². The maximum absolute atomic E-state index is 5.67. The van der Waals surface area contributed by atoms with E-state index >= 15 is 0 Å². The molecule has 1 heteroatoms. The van der Waals surface area contributed by atoms with E-state index in [9.17, 15) is 0 Å².